The van der Waals surface area contributed by atoms with Crippen LogP contribution in [0.3, 0.4) is 0 Å². The number of H-pyrrole nitrogens is 1. The molecule has 0 bridgehead atoms. The maximum Gasteiger partial charge on any atom is 0.251 e. The molecule has 0 unspecified atom stereocenters. The van der Waals surface area contributed by atoms with Crippen molar-refractivity contribution in [3.05, 3.63) is 35.0 Å². The third-order valence-electron chi connectivity index (χ3n) is 6.25. The summed E-state index contributed by atoms with van der Waals surface area (Å²) in [5, 5.41) is 4.37. The van der Waals surface area contributed by atoms with Crippen molar-refractivity contribution in [2.24, 2.45) is 5.92 Å². The van der Waals surface area contributed by atoms with E-state index >= 15 is 0 Å². The number of nitrogens with zero attached hydrogens (tertiary/aromatic N) is 1. The lowest BCUT2D eigenvalue weighted by atomic mass is 9.87. The van der Waals surface area contributed by atoms with Crippen LogP contribution in [-0.4, -0.2) is 54.2 Å². The van der Waals surface area contributed by atoms with Gasteiger partial charge in [0.05, 0.1) is 13.2 Å². The summed E-state index contributed by atoms with van der Waals surface area (Å²) in [5.41, 5.74) is 4.59. The smallest absolute Gasteiger partial charge is 0.251 e. The number of carbonyl (C=O) groups is 1. The highest BCUT2D eigenvalue weighted by Gasteiger charge is 2.29. The van der Waals surface area contributed by atoms with Gasteiger partial charge in [0.2, 0.25) is 0 Å². The van der Waals surface area contributed by atoms with Crippen LogP contribution in [0.1, 0.15) is 48.8 Å². The number of fused-ring (bicyclic) bond motifs is 3. The zero-order valence-corrected chi connectivity index (χ0v) is 16.7. The fraction of sp³-hybridized carbons (Fsp3) is 0.591. The van der Waals surface area contributed by atoms with Crippen LogP contribution in [0.2, 0.25) is 0 Å². The molecule has 0 radical (unpaired) electrons. The van der Waals surface area contributed by atoms with Gasteiger partial charge in [0.25, 0.3) is 5.91 Å². The molecular weight excluding hydrogens is 338 g/mol. The van der Waals surface area contributed by atoms with Crippen LogP contribution >= 0.6 is 0 Å². The number of ether oxygens (including phenoxy) is 1. The summed E-state index contributed by atoms with van der Waals surface area (Å²) >= 11 is 0. The number of carbonyl (C=O) groups excluding carboxylic acids is 1. The van der Waals surface area contributed by atoms with Gasteiger partial charge >= 0.3 is 0 Å². The second kappa shape index (κ2) is 7.28. The average molecular weight is 370 g/mol. The van der Waals surface area contributed by atoms with Crippen LogP contribution in [0, 0.1) is 5.92 Å². The minimum absolute atomic E-state index is 0.0112. The van der Waals surface area contributed by atoms with E-state index in [0.29, 0.717) is 12.5 Å². The molecule has 2 aromatic rings. The molecule has 27 heavy (non-hydrogen) atoms. The number of aryl methyl sites for hydroxylation is 1. The first-order valence-corrected chi connectivity index (χ1v) is 10.2. The summed E-state index contributed by atoms with van der Waals surface area (Å²) in [4.78, 5) is 18.8. The van der Waals surface area contributed by atoms with Gasteiger partial charge in [-0.3, -0.25) is 9.69 Å². The number of aromatic nitrogens is 1. The van der Waals surface area contributed by atoms with E-state index in [9.17, 15) is 4.79 Å². The van der Waals surface area contributed by atoms with Crippen LogP contribution in [-0.2, 0) is 17.6 Å². The Kier molecular flexibility index (Phi) is 4.99. The molecule has 5 nitrogen and oxygen atoms in total. The maximum absolute atomic E-state index is 12.8. The molecule has 4 rings (SSSR count). The van der Waals surface area contributed by atoms with Gasteiger partial charge in [-0.05, 0) is 62.8 Å². The topological polar surface area (TPSA) is 57.4 Å². The van der Waals surface area contributed by atoms with E-state index < -0.39 is 0 Å². The van der Waals surface area contributed by atoms with Crippen molar-refractivity contribution < 1.29 is 9.53 Å². The number of rotatable bonds is 4. The molecule has 1 aromatic carbocycles. The molecule has 1 saturated heterocycles. The van der Waals surface area contributed by atoms with Crippen molar-refractivity contribution in [3.63, 3.8) is 0 Å². The van der Waals surface area contributed by atoms with Gasteiger partial charge < -0.3 is 15.0 Å². The Balaban J connectivity index is 1.48. The molecule has 2 aliphatic rings. The lowest BCUT2D eigenvalue weighted by Gasteiger charge is -2.40. The summed E-state index contributed by atoms with van der Waals surface area (Å²) in [5.74, 6) is 0.723. The number of morpholine rings is 1. The molecule has 5 heteroatoms. The maximum atomic E-state index is 12.8. The molecule has 1 aromatic heterocycles. The first-order chi connectivity index (χ1) is 12.9. The van der Waals surface area contributed by atoms with E-state index in [4.69, 9.17) is 4.74 Å². The van der Waals surface area contributed by atoms with E-state index in [0.717, 1.165) is 50.2 Å². The Morgan fingerprint density at radius 2 is 2.11 bits per heavy atom. The summed E-state index contributed by atoms with van der Waals surface area (Å²) in [6.07, 6.45) is 3.45. The minimum atomic E-state index is -0.0772. The number of nitrogens with one attached hydrogen (secondary N) is 2. The Morgan fingerprint density at radius 1 is 1.33 bits per heavy atom. The summed E-state index contributed by atoms with van der Waals surface area (Å²) in [6.45, 7) is 10.7. The highest BCUT2D eigenvalue weighted by atomic mass is 16.5. The van der Waals surface area contributed by atoms with E-state index in [2.05, 4.69) is 48.1 Å². The van der Waals surface area contributed by atoms with Gasteiger partial charge in [-0.1, -0.05) is 6.92 Å². The van der Waals surface area contributed by atoms with Crippen molar-refractivity contribution in [2.75, 3.05) is 32.8 Å². The van der Waals surface area contributed by atoms with E-state index in [-0.39, 0.29) is 11.4 Å². The Labute approximate surface area is 161 Å². The summed E-state index contributed by atoms with van der Waals surface area (Å²) in [6, 6.07) is 6.06. The largest absolute Gasteiger partial charge is 0.379 e. The lowest BCUT2D eigenvalue weighted by Crippen LogP contribution is -2.55. The molecule has 2 heterocycles. The van der Waals surface area contributed by atoms with E-state index in [1.165, 1.54) is 23.1 Å². The van der Waals surface area contributed by atoms with Crippen LogP contribution in [0.25, 0.3) is 10.9 Å². The molecule has 1 amide bonds. The number of amides is 1. The number of aromatic amines is 1. The van der Waals surface area contributed by atoms with Gasteiger partial charge in [0, 0.05) is 47.3 Å². The summed E-state index contributed by atoms with van der Waals surface area (Å²) < 4.78 is 5.44. The number of hydrogen-bond donors (Lipinski definition) is 2. The first-order valence-electron chi connectivity index (χ1n) is 10.2. The molecule has 1 aliphatic heterocycles. The van der Waals surface area contributed by atoms with E-state index in [1.54, 1.807) is 0 Å². The third kappa shape index (κ3) is 3.76. The first kappa shape index (κ1) is 18.5. The van der Waals surface area contributed by atoms with Gasteiger partial charge in [-0.2, -0.15) is 0 Å². The van der Waals surface area contributed by atoms with Gasteiger partial charge in [-0.15, -0.1) is 0 Å². The predicted octanol–water partition coefficient (Wildman–Crippen LogP) is 3.13. The van der Waals surface area contributed by atoms with Crippen LogP contribution in [0.4, 0.5) is 0 Å². The molecule has 2 N–H and O–H groups in total. The molecule has 146 valence electrons. The minimum Gasteiger partial charge on any atom is -0.379 e. The Bertz CT molecular complexity index is 833. The van der Waals surface area contributed by atoms with Crippen molar-refractivity contribution in [2.45, 2.75) is 45.6 Å². The molecule has 1 atom stereocenters. The SMILES string of the molecule is C[C@@H]1CCc2[nH]c3ccc(C(=O)NCC(C)(C)N4CCOCC4)cc3c2C1. The van der Waals surface area contributed by atoms with Crippen LogP contribution in [0.15, 0.2) is 18.2 Å². The number of benzene rings is 1. The quantitative estimate of drug-likeness (QED) is 0.871. The second-order valence-corrected chi connectivity index (χ2v) is 8.78. The third-order valence-corrected chi connectivity index (χ3v) is 6.25. The Hall–Kier alpha value is -1.85. The monoisotopic (exact) mass is 369 g/mol. The normalized spacial score (nSPS) is 21.2. The van der Waals surface area contributed by atoms with Gasteiger partial charge in [-0.25, -0.2) is 0 Å². The molecule has 1 fully saturated rings. The van der Waals surface area contributed by atoms with Gasteiger partial charge in [0.1, 0.15) is 0 Å². The summed E-state index contributed by atoms with van der Waals surface area (Å²) in [7, 11) is 0. The molecule has 0 saturated carbocycles. The molecule has 0 spiro atoms. The van der Waals surface area contributed by atoms with Crippen molar-refractivity contribution in [1.82, 2.24) is 15.2 Å². The fourth-order valence-electron chi connectivity index (χ4n) is 4.41. The average Bonchev–Trinajstić information content (AvgIpc) is 3.04. The van der Waals surface area contributed by atoms with Crippen LogP contribution in [0.5, 0.6) is 0 Å². The van der Waals surface area contributed by atoms with Crippen molar-refractivity contribution >= 4 is 16.8 Å². The second-order valence-electron chi connectivity index (χ2n) is 8.78. The molecule has 1 aliphatic carbocycles. The highest BCUT2D eigenvalue weighted by Crippen LogP contribution is 2.32. The zero-order chi connectivity index (χ0) is 19.0. The number of hydrogen-bond acceptors (Lipinski definition) is 3. The van der Waals surface area contributed by atoms with Crippen molar-refractivity contribution in [1.29, 1.82) is 0 Å². The zero-order valence-electron chi connectivity index (χ0n) is 16.7. The van der Waals surface area contributed by atoms with Crippen LogP contribution < -0.4 is 5.32 Å². The molecular formula is C22H31N3O2. The van der Waals surface area contributed by atoms with E-state index in [1.807, 2.05) is 6.07 Å². The predicted molar refractivity (Wildman–Crippen MR) is 108 cm³/mol. The van der Waals surface area contributed by atoms with Crippen molar-refractivity contribution in [3.8, 4) is 0 Å². The standard InChI is InChI=1S/C22H31N3O2/c1-15-4-6-19-17(12-15)18-13-16(5-7-20(18)24-19)21(26)23-14-22(2,3)25-8-10-27-11-9-25/h5,7,13,15,24H,4,6,8-12,14H2,1-3H3,(H,23,26)/t15-/m1/s1. The Morgan fingerprint density at radius 3 is 2.89 bits per heavy atom. The fourth-order valence-corrected chi connectivity index (χ4v) is 4.41. The lowest BCUT2D eigenvalue weighted by molar-refractivity contribution is -0.00923. The van der Waals surface area contributed by atoms with Gasteiger partial charge in [0.15, 0.2) is 0 Å². The highest BCUT2D eigenvalue weighted by molar-refractivity contribution is 5.99.